The number of hydrogen-bond donors (Lipinski definition) is 0. The van der Waals surface area contributed by atoms with Crippen molar-refractivity contribution < 1.29 is 14.3 Å². The van der Waals surface area contributed by atoms with Crippen LogP contribution in [0.1, 0.15) is 43.8 Å². The average molecular weight is 315 g/mol. The first kappa shape index (κ1) is 15.6. The first-order chi connectivity index (χ1) is 11.2. The molecule has 1 atom stereocenters. The topological polar surface area (TPSA) is 74.1 Å². The van der Waals surface area contributed by atoms with Crippen molar-refractivity contribution in [2.75, 3.05) is 6.61 Å². The molecule has 6 nitrogen and oxygen atoms in total. The van der Waals surface area contributed by atoms with Crippen LogP contribution in [0.25, 0.3) is 11.0 Å². The van der Waals surface area contributed by atoms with Crippen LogP contribution in [-0.4, -0.2) is 33.5 Å². The third kappa shape index (κ3) is 3.11. The fraction of sp³-hybridized carbons (Fsp3) is 0.529. The summed E-state index contributed by atoms with van der Waals surface area (Å²) in [6, 6.07) is 7.26. The molecule has 122 valence electrons. The molecule has 2 aromatic rings. The van der Waals surface area contributed by atoms with Gasteiger partial charge in [-0.2, -0.15) is 4.68 Å². The largest absolute Gasteiger partial charge is 0.465 e. The number of para-hydroxylation sites is 1. The number of carbonyl (C=O) groups is 2. The highest BCUT2D eigenvalue weighted by Crippen LogP contribution is 2.32. The summed E-state index contributed by atoms with van der Waals surface area (Å²) < 4.78 is 6.42. The molecule has 0 unspecified atom stereocenters. The Morgan fingerprint density at radius 1 is 1.26 bits per heavy atom. The van der Waals surface area contributed by atoms with Gasteiger partial charge in [0, 0.05) is 0 Å². The van der Waals surface area contributed by atoms with Gasteiger partial charge in [-0.15, -0.1) is 5.10 Å². The van der Waals surface area contributed by atoms with Crippen LogP contribution in [0.2, 0.25) is 0 Å². The molecule has 0 N–H and O–H groups in total. The van der Waals surface area contributed by atoms with Crippen LogP contribution in [0.15, 0.2) is 24.3 Å². The molecule has 0 amide bonds. The van der Waals surface area contributed by atoms with Crippen LogP contribution in [0, 0.1) is 11.8 Å². The molecular formula is C17H21N3O3. The van der Waals surface area contributed by atoms with E-state index in [1.165, 1.54) is 4.68 Å². The first-order valence-electron chi connectivity index (χ1n) is 8.23. The van der Waals surface area contributed by atoms with Crippen LogP contribution in [0.5, 0.6) is 0 Å². The summed E-state index contributed by atoms with van der Waals surface area (Å²) in [5.74, 6) is -1.54. The van der Waals surface area contributed by atoms with Crippen molar-refractivity contribution >= 4 is 22.9 Å². The molecule has 3 rings (SSSR count). The summed E-state index contributed by atoms with van der Waals surface area (Å²) in [6.45, 7) is 2.03. The number of fused-ring (bicyclic) bond motifs is 1. The molecular weight excluding hydrogens is 294 g/mol. The zero-order chi connectivity index (χ0) is 16.2. The Balaban J connectivity index is 1.94. The van der Waals surface area contributed by atoms with Gasteiger partial charge in [0.05, 0.1) is 12.1 Å². The Bertz CT molecular complexity index is 704. The number of carbonyl (C=O) groups excluding carboxylic acids is 2. The molecule has 1 saturated carbocycles. The summed E-state index contributed by atoms with van der Waals surface area (Å²) >= 11 is 0. The predicted octanol–water partition coefficient (Wildman–Crippen LogP) is 2.83. The number of benzene rings is 1. The van der Waals surface area contributed by atoms with E-state index in [9.17, 15) is 9.59 Å². The van der Waals surface area contributed by atoms with Crippen LogP contribution in [0.4, 0.5) is 0 Å². The Hall–Kier alpha value is -2.24. The molecule has 0 saturated heterocycles. The van der Waals surface area contributed by atoms with E-state index in [4.69, 9.17) is 4.74 Å². The average Bonchev–Trinajstić information content (AvgIpc) is 3.00. The van der Waals surface area contributed by atoms with Crippen LogP contribution < -0.4 is 0 Å². The molecule has 1 aliphatic carbocycles. The van der Waals surface area contributed by atoms with Crippen molar-refractivity contribution in [2.45, 2.75) is 39.0 Å². The van der Waals surface area contributed by atoms with Crippen molar-refractivity contribution in [1.29, 1.82) is 0 Å². The zero-order valence-corrected chi connectivity index (χ0v) is 13.3. The minimum atomic E-state index is -0.791. The lowest BCUT2D eigenvalue weighted by Gasteiger charge is -2.27. The van der Waals surface area contributed by atoms with E-state index in [1.54, 1.807) is 19.1 Å². The Morgan fingerprint density at radius 2 is 2.00 bits per heavy atom. The number of hydrogen-bond acceptors (Lipinski definition) is 5. The molecule has 1 aliphatic rings. The molecule has 0 spiro atoms. The predicted molar refractivity (Wildman–Crippen MR) is 84.9 cm³/mol. The van der Waals surface area contributed by atoms with Gasteiger partial charge in [0.2, 0.25) is 0 Å². The van der Waals surface area contributed by atoms with Crippen LogP contribution >= 0.6 is 0 Å². The van der Waals surface area contributed by atoms with E-state index in [0.717, 1.165) is 32.1 Å². The number of esters is 1. The van der Waals surface area contributed by atoms with Gasteiger partial charge >= 0.3 is 5.97 Å². The van der Waals surface area contributed by atoms with Crippen molar-refractivity contribution in [3.05, 3.63) is 24.3 Å². The smallest absolute Gasteiger partial charge is 0.318 e. The Labute approximate surface area is 134 Å². The van der Waals surface area contributed by atoms with Gasteiger partial charge in [-0.1, -0.05) is 36.6 Å². The Morgan fingerprint density at radius 3 is 2.74 bits per heavy atom. The third-order valence-electron chi connectivity index (χ3n) is 4.49. The number of nitrogens with zero attached hydrogens (tertiary/aromatic N) is 3. The van der Waals surface area contributed by atoms with Gasteiger partial charge in [-0.3, -0.25) is 9.59 Å². The lowest BCUT2D eigenvalue weighted by molar-refractivity contribution is -0.148. The molecule has 1 aromatic heterocycles. The second-order valence-corrected chi connectivity index (χ2v) is 5.96. The lowest BCUT2D eigenvalue weighted by atomic mass is 9.79. The lowest BCUT2D eigenvalue weighted by Crippen LogP contribution is -2.37. The third-order valence-corrected chi connectivity index (χ3v) is 4.49. The summed E-state index contributed by atoms with van der Waals surface area (Å²) in [4.78, 5) is 25.4. The van der Waals surface area contributed by atoms with E-state index in [-0.39, 0.29) is 18.4 Å². The molecule has 0 radical (unpaired) electrons. The van der Waals surface area contributed by atoms with E-state index >= 15 is 0 Å². The number of ether oxygens (including phenoxy) is 1. The summed E-state index contributed by atoms with van der Waals surface area (Å²) in [7, 11) is 0. The highest BCUT2D eigenvalue weighted by atomic mass is 16.5. The summed E-state index contributed by atoms with van der Waals surface area (Å²) in [5.41, 5.74) is 1.27. The highest BCUT2D eigenvalue weighted by molar-refractivity contribution is 6.02. The molecule has 1 heterocycles. The maximum Gasteiger partial charge on any atom is 0.318 e. The minimum absolute atomic E-state index is 0.0262. The van der Waals surface area contributed by atoms with Gasteiger partial charge in [0.1, 0.15) is 11.4 Å². The van der Waals surface area contributed by atoms with Gasteiger partial charge in [-0.05, 0) is 37.8 Å². The second-order valence-electron chi connectivity index (χ2n) is 5.96. The molecule has 6 heteroatoms. The number of rotatable bonds is 4. The quantitative estimate of drug-likeness (QED) is 0.640. The van der Waals surface area contributed by atoms with E-state index in [2.05, 4.69) is 10.3 Å². The number of aromatic nitrogens is 3. The summed E-state index contributed by atoms with van der Waals surface area (Å²) in [6.07, 6.45) is 5.01. The van der Waals surface area contributed by atoms with E-state index < -0.39 is 11.9 Å². The summed E-state index contributed by atoms with van der Waals surface area (Å²) in [5, 5.41) is 7.98. The van der Waals surface area contributed by atoms with Crippen LogP contribution in [-0.2, 0) is 9.53 Å². The fourth-order valence-corrected chi connectivity index (χ4v) is 3.36. The van der Waals surface area contributed by atoms with Gasteiger partial charge in [-0.25, -0.2) is 0 Å². The molecule has 23 heavy (non-hydrogen) atoms. The minimum Gasteiger partial charge on any atom is -0.465 e. The van der Waals surface area contributed by atoms with Crippen molar-refractivity contribution in [2.24, 2.45) is 11.8 Å². The standard InChI is InChI=1S/C17H21N3O3/c1-2-23-17(22)15(12-8-4-3-5-9-12)16(21)20-14-11-7-6-10-13(14)18-19-20/h6-7,10-12,15H,2-5,8-9H2,1H3/t15-/m0/s1. The SMILES string of the molecule is CCOC(=O)[C@H](C(=O)n1nnc2ccccc21)C1CCCCC1. The van der Waals surface area contributed by atoms with Crippen LogP contribution in [0.3, 0.4) is 0 Å². The molecule has 0 bridgehead atoms. The monoisotopic (exact) mass is 315 g/mol. The second kappa shape index (κ2) is 6.89. The van der Waals surface area contributed by atoms with Gasteiger partial charge in [0.15, 0.2) is 0 Å². The zero-order valence-electron chi connectivity index (χ0n) is 13.3. The van der Waals surface area contributed by atoms with Gasteiger partial charge < -0.3 is 4.74 Å². The molecule has 1 fully saturated rings. The van der Waals surface area contributed by atoms with Crippen molar-refractivity contribution in [1.82, 2.24) is 15.0 Å². The normalized spacial score (nSPS) is 17.1. The first-order valence-corrected chi connectivity index (χ1v) is 8.23. The molecule has 0 aliphatic heterocycles. The van der Waals surface area contributed by atoms with E-state index in [1.807, 2.05) is 12.1 Å². The maximum absolute atomic E-state index is 13.0. The van der Waals surface area contributed by atoms with Gasteiger partial charge in [0.25, 0.3) is 5.91 Å². The maximum atomic E-state index is 13.0. The fourth-order valence-electron chi connectivity index (χ4n) is 3.36. The van der Waals surface area contributed by atoms with Crippen molar-refractivity contribution in [3.8, 4) is 0 Å². The van der Waals surface area contributed by atoms with E-state index in [0.29, 0.717) is 11.0 Å². The highest BCUT2D eigenvalue weighted by Gasteiger charge is 2.38. The molecule has 1 aromatic carbocycles. The van der Waals surface area contributed by atoms with Crippen molar-refractivity contribution in [3.63, 3.8) is 0 Å². The Kier molecular flexibility index (Phi) is 4.69.